The predicted molar refractivity (Wildman–Crippen MR) is 81.6 cm³/mol. The molecule has 0 bridgehead atoms. The summed E-state index contributed by atoms with van der Waals surface area (Å²) in [6, 6.07) is 7.08. The maximum atomic E-state index is 12.4. The summed E-state index contributed by atoms with van der Waals surface area (Å²) in [5, 5.41) is 0.615. The van der Waals surface area contributed by atoms with Crippen molar-refractivity contribution < 1.29 is 9.59 Å². The molecule has 0 atom stereocenters. The molecule has 2 amide bonds. The first-order chi connectivity index (χ1) is 10.1. The van der Waals surface area contributed by atoms with E-state index in [0.29, 0.717) is 16.3 Å². The van der Waals surface area contributed by atoms with Crippen molar-refractivity contribution in [2.45, 2.75) is 19.3 Å². The second kappa shape index (κ2) is 5.53. The zero-order chi connectivity index (χ0) is 15.0. The highest BCUT2D eigenvalue weighted by Gasteiger charge is 2.39. The summed E-state index contributed by atoms with van der Waals surface area (Å²) < 4.78 is 0. The summed E-state index contributed by atoms with van der Waals surface area (Å²) in [5.74, 6) is -0.435. The Morgan fingerprint density at radius 1 is 0.952 bits per heavy atom. The number of piperidine rings is 1. The van der Waals surface area contributed by atoms with Crippen molar-refractivity contribution in [2.24, 2.45) is 0 Å². The van der Waals surface area contributed by atoms with E-state index in [-0.39, 0.29) is 11.8 Å². The summed E-state index contributed by atoms with van der Waals surface area (Å²) in [6.45, 7) is 1.67. The summed E-state index contributed by atoms with van der Waals surface area (Å²) in [6.07, 6.45) is 3.29. The van der Waals surface area contributed by atoms with Gasteiger partial charge in [0.1, 0.15) is 5.70 Å². The van der Waals surface area contributed by atoms with Crippen LogP contribution in [0.3, 0.4) is 0 Å². The van der Waals surface area contributed by atoms with Crippen LogP contribution in [0.4, 0.5) is 0 Å². The molecule has 21 heavy (non-hydrogen) atoms. The average Bonchev–Trinajstić information content (AvgIpc) is 2.73. The number of imide groups is 1. The molecule has 0 unspecified atom stereocenters. The number of carbonyl (C=O) groups excluding carboxylic acids is 2. The van der Waals surface area contributed by atoms with E-state index < -0.39 is 0 Å². The Bertz CT molecular complexity index is 616. The van der Waals surface area contributed by atoms with E-state index in [1.54, 1.807) is 24.3 Å². The minimum Gasteiger partial charge on any atom is -0.366 e. The van der Waals surface area contributed by atoms with Crippen molar-refractivity contribution in [3.05, 3.63) is 40.5 Å². The van der Waals surface area contributed by atoms with E-state index in [4.69, 9.17) is 11.6 Å². The van der Waals surface area contributed by atoms with E-state index in [1.165, 1.54) is 18.4 Å². The molecule has 2 aliphatic heterocycles. The molecular weight excluding hydrogens is 288 g/mol. The van der Waals surface area contributed by atoms with Crippen LogP contribution < -0.4 is 0 Å². The van der Waals surface area contributed by atoms with Gasteiger partial charge in [0.25, 0.3) is 11.8 Å². The molecule has 110 valence electrons. The summed E-state index contributed by atoms with van der Waals surface area (Å²) in [4.78, 5) is 28.1. The molecule has 1 aromatic rings. The molecule has 0 spiro atoms. The molecule has 0 radical (unpaired) electrons. The van der Waals surface area contributed by atoms with Gasteiger partial charge in [-0.1, -0.05) is 23.7 Å². The number of amides is 2. The van der Waals surface area contributed by atoms with Crippen molar-refractivity contribution in [1.29, 1.82) is 0 Å². The average molecular weight is 305 g/mol. The predicted octanol–water partition coefficient (Wildman–Crippen LogP) is 2.54. The first-order valence-corrected chi connectivity index (χ1v) is 7.55. The quantitative estimate of drug-likeness (QED) is 0.788. The Balaban J connectivity index is 2.09. The Hall–Kier alpha value is -1.81. The molecule has 5 heteroatoms. The number of likely N-dealkylation sites (N-methyl/N-ethyl adjacent to an activating group) is 1. The minimum atomic E-state index is -0.233. The molecule has 0 aliphatic carbocycles. The van der Waals surface area contributed by atoms with Gasteiger partial charge in [-0.15, -0.1) is 0 Å². The number of likely N-dealkylation sites (tertiary alicyclic amines) is 1. The molecule has 1 saturated heterocycles. The second-order valence-corrected chi connectivity index (χ2v) is 5.88. The number of carbonyl (C=O) groups is 2. The van der Waals surface area contributed by atoms with Gasteiger partial charge in [0.2, 0.25) is 0 Å². The molecule has 2 aliphatic rings. The monoisotopic (exact) mass is 304 g/mol. The maximum absolute atomic E-state index is 12.4. The van der Waals surface area contributed by atoms with Gasteiger partial charge >= 0.3 is 0 Å². The smallest absolute Gasteiger partial charge is 0.277 e. The number of halogens is 1. The van der Waals surface area contributed by atoms with Gasteiger partial charge in [-0.2, -0.15) is 0 Å². The molecule has 0 aromatic heterocycles. The fourth-order valence-electron chi connectivity index (χ4n) is 2.91. The van der Waals surface area contributed by atoms with Gasteiger partial charge in [0.05, 0.1) is 5.57 Å². The number of benzene rings is 1. The van der Waals surface area contributed by atoms with Gasteiger partial charge in [-0.3, -0.25) is 14.5 Å². The van der Waals surface area contributed by atoms with E-state index in [1.807, 2.05) is 0 Å². The van der Waals surface area contributed by atoms with Crippen LogP contribution in [0.1, 0.15) is 24.8 Å². The standard InChI is InChI=1S/C16H17ClN2O2/c1-18-15(20)13(11-5-7-12(17)8-6-11)14(16(18)21)19-9-3-2-4-10-19/h5-8H,2-4,9-10H2,1H3. The lowest BCUT2D eigenvalue weighted by atomic mass is 10.0. The Kier molecular flexibility index (Phi) is 3.72. The third-order valence-corrected chi connectivity index (χ3v) is 4.32. The molecule has 2 heterocycles. The van der Waals surface area contributed by atoms with Crippen molar-refractivity contribution in [1.82, 2.24) is 9.80 Å². The summed E-state index contributed by atoms with van der Waals surface area (Å²) >= 11 is 5.91. The highest BCUT2D eigenvalue weighted by atomic mass is 35.5. The Labute approximate surface area is 129 Å². The highest BCUT2D eigenvalue weighted by molar-refractivity contribution is 6.35. The molecule has 0 saturated carbocycles. The fourth-order valence-corrected chi connectivity index (χ4v) is 3.04. The lowest BCUT2D eigenvalue weighted by Gasteiger charge is -2.29. The molecule has 1 aromatic carbocycles. The van der Waals surface area contributed by atoms with E-state index in [9.17, 15) is 9.59 Å². The number of rotatable bonds is 2. The van der Waals surface area contributed by atoms with E-state index in [0.717, 1.165) is 31.5 Å². The van der Waals surface area contributed by atoms with Gasteiger partial charge < -0.3 is 4.90 Å². The van der Waals surface area contributed by atoms with Crippen molar-refractivity contribution in [3.8, 4) is 0 Å². The normalized spacial score (nSPS) is 19.7. The van der Waals surface area contributed by atoms with Crippen LogP contribution in [0.5, 0.6) is 0 Å². The van der Waals surface area contributed by atoms with Gasteiger partial charge in [0.15, 0.2) is 0 Å². The topological polar surface area (TPSA) is 40.6 Å². The van der Waals surface area contributed by atoms with Crippen LogP contribution >= 0.6 is 11.6 Å². The highest BCUT2D eigenvalue weighted by Crippen LogP contribution is 2.32. The van der Waals surface area contributed by atoms with E-state index in [2.05, 4.69) is 4.90 Å². The maximum Gasteiger partial charge on any atom is 0.277 e. The Morgan fingerprint density at radius 2 is 1.57 bits per heavy atom. The van der Waals surface area contributed by atoms with Gasteiger partial charge in [0, 0.05) is 25.2 Å². The minimum absolute atomic E-state index is 0.202. The van der Waals surface area contributed by atoms with Crippen molar-refractivity contribution in [3.63, 3.8) is 0 Å². The summed E-state index contributed by atoms with van der Waals surface area (Å²) in [5.41, 5.74) is 1.80. The van der Waals surface area contributed by atoms with Crippen LogP contribution in [0.2, 0.25) is 5.02 Å². The van der Waals surface area contributed by atoms with Crippen molar-refractivity contribution >= 4 is 29.0 Å². The molecule has 3 rings (SSSR count). The third kappa shape index (κ3) is 2.44. The molecule has 1 fully saturated rings. The largest absolute Gasteiger partial charge is 0.366 e. The van der Waals surface area contributed by atoms with Crippen molar-refractivity contribution in [2.75, 3.05) is 20.1 Å². The van der Waals surface area contributed by atoms with Crippen LogP contribution in [-0.4, -0.2) is 41.8 Å². The first-order valence-electron chi connectivity index (χ1n) is 7.17. The molecular formula is C16H17ClN2O2. The first kappa shape index (κ1) is 14.1. The zero-order valence-corrected chi connectivity index (χ0v) is 12.7. The Morgan fingerprint density at radius 3 is 2.19 bits per heavy atom. The van der Waals surface area contributed by atoms with E-state index >= 15 is 0 Å². The lowest BCUT2D eigenvalue weighted by molar-refractivity contribution is -0.136. The SMILES string of the molecule is CN1C(=O)C(c2ccc(Cl)cc2)=C(N2CCCCC2)C1=O. The third-order valence-electron chi connectivity index (χ3n) is 4.07. The van der Waals surface area contributed by atoms with Crippen LogP contribution in [0, 0.1) is 0 Å². The second-order valence-electron chi connectivity index (χ2n) is 5.45. The lowest BCUT2D eigenvalue weighted by Crippen LogP contribution is -2.35. The molecule has 0 N–H and O–H groups in total. The fraction of sp³-hybridized carbons (Fsp3) is 0.375. The number of hydrogen-bond donors (Lipinski definition) is 0. The van der Waals surface area contributed by atoms with Crippen LogP contribution in [-0.2, 0) is 9.59 Å². The van der Waals surface area contributed by atoms with Crippen LogP contribution in [0.25, 0.3) is 5.57 Å². The number of hydrogen-bond acceptors (Lipinski definition) is 3. The van der Waals surface area contributed by atoms with Crippen LogP contribution in [0.15, 0.2) is 30.0 Å². The molecule has 4 nitrogen and oxygen atoms in total. The number of nitrogens with zero attached hydrogens (tertiary/aromatic N) is 2. The van der Waals surface area contributed by atoms with Gasteiger partial charge in [-0.05, 0) is 37.0 Å². The van der Waals surface area contributed by atoms with Gasteiger partial charge in [-0.25, -0.2) is 0 Å². The zero-order valence-electron chi connectivity index (χ0n) is 11.9. The summed E-state index contributed by atoms with van der Waals surface area (Å²) in [7, 11) is 1.54.